The summed E-state index contributed by atoms with van der Waals surface area (Å²) in [5.41, 5.74) is 6.28. The lowest BCUT2D eigenvalue weighted by atomic mass is 9.95. The van der Waals surface area contributed by atoms with Gasteiger partial charge in [0.1, 0.15) is 5.82 Å². The molecule has 1 aromatic rings. The summed E-state index contributed by atoms with van der Waals surface area (Å²) in [5, 5.41) is 12.1. The zero-order valence-corrected chi connectivity index (χ0v) is 11.1. The Morgan fingerprint density at radius 1 is 1.50 bits per heavy atom. The summed E-state index contributed by atoms with van der Waals surface area (Å²) in [6, 6.07) is 1.68. The molecule has 1 rings (SSSR count). The molecule has 0 radical (unpaired) electrons. The molecule has 1 heterocycles. The van der Waals surface area contributed by atoms with E-state index < -0.39 is 5.97 Å². The summed E-state index contributed by atoms with van der Waals surface area (Å²) >= 11 is 0. The molecule has 0 aliphatic carbocycles. The number of carboxylic acids is 1. The molecular weight excluding hydrogens is 230 g/mol. The Labute approximate surface area is 107 Å². The molecule has 5 nitrogen and oxygen atoms in total. The van der Waals surface area contributed by atoms with Crippen molar-refractivity contribution in [2.45, 2.75) is 39.7 Å². The van der Waals surface area contributed by atoms with Crippen LogP contribution in [0.5, 0.6) is 0 Å². The lowest BCUT2D eigenvalue weighted by Gasteiger charge is -2.23. The van der Waals surface area contributed by atoms with Crippen LogP contribution in [0.15, 0.2) is 12.3 Å². The standard InChI is InChI=1S/C13H21N3O2/c1-4-9(5-2)8(3)16-12-11(14)6-10(7-15-12)13(17)18/h6-9H,4-5,14H2,1-3H3,(H,15,16)(H,17,18). The van der Waals surface area contributed by atoms with Gasteiger partial charge in [0.05, 0.1) is 11.3 Å². The fourth-order valence-electron chi connectivity index (χ4n) is 2.05. The monoisotopic (exact) mass is 251 g/mol. The summed E-state index contributed by atoms with van der Waals surface area (Å²) in [6.07, 6.45) is 3.48. The normalized spacial score (nSPS) is 12.4. The maximum atomic E-state index is 10.8. The largest absolute Gasteiger partial charge is 0.478 e. The Kier molecular flexibility index (Phi) is 4.95. The van der Waals surface area contributed by atoms with Crippen LogP contribution in [-0.4, -0.2) is 22.1 Å². The minimum Gasteiger partial charge on any atom is -0.478 e. The number of pyridine rings is 1. The molecule has 100 valence electrons. The van der Waals surface area contributed by atoms with Gasteiger partial charge >= 0.3 is 5.97 Å². The number of nitrogens with one attached hydrogen (secondary N) is 1. The van der Waals surface area contributed by atoms with E-state index >= 15 is 0 Å². The maximum Gasteiger partial charge on any atom is 0.337 e. The number of anilines is 2. The van der Waals surface area contributed by atoms with Gasteiger partial charge in [0.25, 0.3) is 0 Å². The van der Waals surface area contributed by atoms with Crippen LogP contribution in [0.25, 0.3) is 0 Å². The summed E-state index contributed by atoms with van der Waals surface area (Å²) in [7, 11) is 0. The van der Waals surface area contributed by atoms with Crippen molar-refractivity contribution >= 4 is 17.5 Å². The highest BCUT2D eigenvalue weighted by atomic mass is 16.4. The van der Waals surface area contributed by atoms with E-state index in [1.807, 2.05) is 0 Å². The highest BCUT2D eigenvalue weighted by Gasteiger charge is 2.15. The van der Waals surface area contributed by atoms with Crippen LogP contribution >= 0.6 is 0 Å². The van der Waals surface area contributed by atoms with Crippen LogP contribution in [0.2, 0.25) is 0 Å². The van der Waals surface area contributed by atoms with Gasteiger partial charge in [-0.1, -0.05) is 26.7 Å². The van der Waals surface area contributed by atoms with E-state index in [4.69, 9.17) is 10.8 Å². The number of carbonyl (C=O) groups is 1. The molecular formula is C13H21N3O2. The third-order valence-electron chi connectivity index (χ3n) is 3.28. The van der Waals surface area contributed by atoms with E-state index in [0.29, 0.717) is 17.4 Å². The second kappa shape index (κ2) is 6.23. The highest BCUT2D eigenvalue weighted by Crippen LogP contribution is 2.21. The molecule has 0 bridgehead atoms. The van der Waals surface area contributed by atoms with Crippen LogP contribution < -0.4 is 11.1 Å². The quantitative estimate of drug-likeness (QED) is 0.723. The van der Waals surface area contributed by atoms with Gasteiger partial charge in [-0.15, -0.1) is 0 Å². The first-order chi connectivity index (χ1) is 8.49. The molecule has 0 fully saturated rings. The molecule has 5 heteroatoms. The summed E-state index contributed by atoms with van der Waals surface area (Å²) in [4.78, 5) is 14.8. The van der Waals surface area contributed by atoms with Crippen molar-refractivity contribution in [2.24, 2.45) is 5.92 Å². The molecule has 18 heavy (non-hydrogen) atoms. The number of nitrogens with two attached hydrogens (primary N) is 1. The summed E-state index contributed by atoms with van der Waals surface area (Å²) in [6.45, 7) is 6.39. The topological polar surface area (TPSA) is 88.2 Å². The van der Waals surface area contributed by atoms with Gasteiger partial charge in [0.2, 0.25) is 0 Å². The zero-order valence-electron chi connectivity index (χ0n) is 11.1. The Hall–Kier alpha value is -1.78. The van der Waals surface area contributed by atoms with Crippen LogP contribution in [-0.2, 0) is 0 Å². The van der Waals surface area contributed by atoms with Gasteiger partial charge < -0.3 is 16.2 Å². The smallest absolute Gasteiger partial charge is 0.337 e. The molecule has 1 aromatic heterocycles. The lowest BCUT2D eigenvalue weighted by Crippen LogP contribution is -2.26. The van der Waals surface area contributed by atoms with E-state index in [2.05, 4.69) is 31.1 Å². The SMILES string of the molecule is CCC(CC)C(C)Nc1ncc(C(=O)O)cc1N. The van der Waals surface area contributed by atoms with Crippen molar-refractivity contribution in [1.29, 1.82) is 0 Å². The van der Waals surface area contributed by atoms with E-state index in [1.54, 1.807) is 0 Å². The number of hydrogen-bond donors (Lipinski definition) is 3. The molecule has 0 amide bonds. The van der Waals surface area contributed by atoms with Crippen molar-refractivity contribution in [3.8, 4) is 0 Å². The molecule has 1 atom stereocenters. The summed E-state index contributed by atoms with van der Waals surface area (Å²) < 4.78 is 0. The number of rotatable bonds is 6. The number of carboxylic acid groups (broad SMARTS) is 1. The third-order valence-corrected chi connectivity index (χ3v) is 3.28. The van der Waals surface area contributed by atoms with Crippen LogP contribution in [0.4, 0.5) is 11.5 Å². The van der Waals surface area contributed by atoms with Crippen molar-refractivity contribution in [1.82, 2.24) is 4.98 Å². The first-order valence-corrected chi connectivity index (χ1v) is 6.24. The van der Waals surface area contributed by atoms with Crippen molar-refractivity contribution < 1.29 is 9.90 Å². The fourth-order valence-corrected chi connectivity index (χ4v) is 2.05. The number of aromatic carboxylic acids is 1. The second-order valence-corrected chi connectivity index (χ2v) is 4.48. The van der Waals surface area contributed by atoms with E-state index in [-0.39, 0.29) is 11.6 Å². The Balaban J connectivity index is 2.82. The molecule has 0 aliphatic heterocycles. The molecule has 0 aromatic carbocycles. The van der Waals surface area contributed by atoms with E-state index in [1.165, 1.54) is 12.3 Å². The fraction of sp³-hybridized carbons (Fsp3) is 0.538. The minimum atomic E-state index is -1.02. The molecule has 0 aliphatic rings. The average Bonchev–Trinajstić information content (AvgIpc) is 2.33. The van der Waals surface area contributed by atoms with E-state index in [0.717, 1.165) is 12.8 Å². The van der Waals surface area contributed by atoms with Crippen molar-refractivity contribution in [3.05, 3.63) is 17.8 Å². The minimum absolute atomic E-state index is 0.105. The van der Waals surface area contributed by atoms with Gasteiger partial charge in [0.15, 0.2) is 0 Å². The summed E-state index contributed by atoms with van der Waals surface area (Å²) in [5.74, 6) is 0.0820. The number of nitrogen functional groups attached to an aromatic ring is 1. The average molecular weight is 251 g/mol. The van der Waals surface area contributed by atoms with Crippen molar-refractivity contribution in [2.75, 3.05) is 11.1 Å². The predicted octanol–water partition coefficient (Wildman–Crippen LogP) is 2.60. The molecule has 0 saturated carbocycles. The second-order valence-electron chi connectivity index (χ2n) is 4.48. The molecule has 0 spiro atoms. The van der Waals surface area contributed by atoms with Crippen LogP contribution in [0.1, 0.15) is 44.0 Å². The van der Waals surface area contributed by atoms with E-state index in [9.17, 15) is 4.79 Å². The molecule has 0 saturated heterocycles. The molecule has 1 unspecified atom stereocenters. The molecule has 4 N–H and O–H groups in total. The number of aromatic nitrogens is 1. The maximum absolute atomic E-state index is 10.8. The van der Waals surface area contributed by atoms with Crippen LogP contribution in [0, 0.1) is 5.92 Å². The van der Waals surface area contributed by atoms with Gasteiger partial charge in [-0.25, -0.2) is 9.78 Å². The first-order valence-electron chi connectivity index (χ1n) is 6.24. The van der Waals surface area contributed by atoms with Gasteiger partial charge in [-0.05, 0) is 18.9 Å². The van der Waals surface area contributed by atoms with Gasteiger partial charge in [-0.3, -0.25) is 0 Å². The first kappa shape index (κ1) is 14.3. The Bertz CT molecular complexity index is 417. The lowest BCUT2D eigenvalue weighted by molar-refractivity contribution is 0.0696. The number of hydrogen-bond acceptors (Lipinski definition) is 4. The third kappa shape index (κ3) is 3.35. The van der Waals surface area contributed by atoms with Gasteiger partial charge in [0, 0.05) is 12.2 Å². The Morgan fingerprint density at radius 2 is 2.11 bits per heavy atom. The van der Waals surface area contributed by atoms with Crippen LogP contribution in [0.3, 0.4) is 0 Å². The van der Waals surface area contributed by atoms with Crippen molar-refractivity contribution in [3.63, 3.8) is 0 Å². The number of nitrogens with zero attached hydrogens (tertiary/aromatic N) is 1. The highest BCUT2D eigenvalue weighted by molar-refractivity contribution is 5.89. The van der Waals surface area contributed by atoms with Gasteiger partial charge in [-0.2, -0.15) is 0 Å². The predicted molar refractivity (Wildman–Crippen MR) is 72.8 cm³/mol. The zero-order chi connectivity index (χ0) is 13.7. The Morgan fingerprint density at radius 3 is 2.56 bits per heavy atom.